The van der Waals surface area contributed by atoms with Crippen LogP contribution in [0.3, 0.4) is 0 Å². The second-order valence-corrected chi connectivity index (χ2v) is 3.27. The van der Waals surface area contributed by atoms with Gasteiger partial charge in [-0.3, -0.25) is 4.57 Å². The highest BCUT2D eigenvalue weighted by atomic mass is 16.2. The zero-order valence-electron chi connectivity index (χ0n) is 9.08. The van der Waals surface area contributed by atoms with E-state index in [0.717, 1.165) is 25.9 Å². The number of hydrogen-bond acceptors (Lipinski definition) is 3. The number of rotatable bonds is 5. The summed E-state index contributed by atoms with van der Waals surface area (Å²) in [5, 5.41) is 7.19. The molecule has 0 atom stereocenters. The average Bonchev–Trinajstić information content (AvgIpc) is 2.42. The average molecular weight is 198 g/mol. The van der Waals surface area contributed by atoms with E-state index in [1.165, 1.54) is 4.68 Å². The van der Waals surface area contributed by atoms with Crippen molar-refractivity contribution in [3.8, 4) is 0 Å². The van der Waals surface area contributed by atoms with Crippen LogP contribution in [-0.4, -0.2) is 20.9 Å². The largest absolute Gasteiger partial charge is 0.355 e. The maximum absolute atomic E-state index is 11.6. The molecule has 0 saturated carbocycles. The predicted octanol–water partition coefficient (Wildman–Crippen LogP) is 0.814. The Balaban J connectivity index is 2.91. The highest BCUT2D eigenvalue weighted by Gasteiger charge is 2.08. The number of nitrogens with zero attached hydrogens (tertiary/aromatic N) is 3. The van der Waals surface area contributed by atoms with Gasteiger partial charge in [0.05, 0.1) is 0 Å². The van der Waals surface area contributed by atoms with Crippen molar-refractivity contribution in [2.24, 2.45) is 7.05 Å². The Hall–Kier alpha value is -1.26. The molecule has 14 heavy (non-hydrogen) atoms. The van der Waals surface area contributed by atoms with Gasteiger partial charge in [-0.15, -0.1) is 5.10 Å². The van der Waals surface area contributed by atoms with Gasteiger partial charge in [0, 0.05) is 20.1 Å². The van der Waals surface area contributed by atoms with Crippen LogP contribution in [-0.2, 0) is 13.6 Å². The molecule has 0 saturated heterocycles. The minimum absolute atomic E-state index is 0.0469. The van der Waals surface area contributed by atoms with E-state index in [1.807, 2.05) is 6.92 Å². The second-order valence-electron chi connectivity index (χ2n) is 3.27. The van der Waals surface area contributed by atoms with Crippen LogP contribution in [0.5, 0.6) is 0 Å². The molecule has 0 radical (unpaired) electrons. The predicted molar refractivity (Wildman–Crippen MR) is 56.5 cm³/mol. The number of aryl methyl sites for hydroxylation is 1. The fourth-order valence-corrected chi connectivity index (χ4v) is 1.31. The lowest BCUT2D eigenvalue weighted by molar-refractivity contribution is 0.603. The maximum Gasteiger partial charge on any atom is 0.347 e. The smallest absolute Gasteiger partial charge is 0.347 e. The van der Waals surface area contributed by atoms with E-state index in [-0.39, 0.29) is 5.69 Å². The van der Waals surface area contributed by atoms with Crippen molar-refractivity contribution >= 4 is 5.95 Å². The monoisotopic (exact) mass is 198 g/mol. The van der Waals surface area contributed by atoms with E-state index >= 15 is 0 Å². The Morgan fingerprint density at radius 1 is 1.43 bits per heavy atom. The van der Waals surface area contributed by atoms with Crippen LogP contribution in [0.15, 0.2) is 4.79 Å². The first kappa shape index (κ1) is 10.8. The summed E-state index contributed by atoms with van der Waals surface area (Å²) >= 11 is 0. The van der Waals surface area contributed by atoms with Gasteiger partial charge in [-0.2, -0.15) is 0 Å². The van der Waals surface area contributed by atoms with E-state index in [1.54, 1.807) is 11.6 Å². The lowest BCUT2D eigenvalue weighted by Gasteiger charge is -2.04. The van der Waals surface area contributed by atoms with Crippen molar-refractivity contribution in [2.45, 2.75) is 33.2 Å². The summed E-state index contributed by atoms with van der Waals surface area (Å²) in [6.07, 6.45) is 2.08. The molecular weight excluding hydrogens is 180 g/mol. The molecule has 0 bridgehead atoms. The van der Waals surface area contributed by atoms with Crippen LogP contribution >= 0.6 is 0 Å². The van der Waals surface area contributed by atoms with E-state index in [9.17, 15) is 4.79 Å². The van der Waals surface area contributed by atoms with Crippen molar-refractivity contribution in [1.82, 2.24) is 14.3 Å². The van der Waals surface area contributed by atoms with E-state index in [0.29, 0.717) is 5.95 Å². The first-order valence-electron chi connectivity index (χ1n) is 5.08. The van der Waals surface area contributed by atoms with Gasteiger partial charge in [-0.05, 0) is 13.3 Å². The van der Waals surface area contributed by atoms with Gasteiger partial charge in [0.25, 0.3) is 0 Å². The lowest BCUT2D eigenvalue weighted by Crippen LogP contribution is -2.23. The molecule has 0 aliphatic heterocycles. The molecule has 0 unspecified atom stereocenters. The third-order valence-electron chi connectivity index (χ3n) is 2.08. The Kier molecular flexibility index (Phi) is 3.73. The number of unbranched alkanes of at least 4 members (excludes halogenated alkanes) is 1. The first-order valence-corrected chi connectivity index (χ1v) is 5.08. The van der Waals surface area contributed by atoms with Crippen molar-refractivity contribution < 1.29 is 0 Å². The number of anilines is 1. The zero-order valence-corrected chi connectivity index (χ0v) is 9.08. The van der Waals surface area contributed by atoms with Gasteiger partial charge < -0.3 is 5.32 Å². The third-order valence-corrected chi connectivity index (χ3v) is 2.08. The summed E-state index contributed by atoms with van der Waals surface area (Å²) in [6.45, 7) is 5.62. The molecule has 0 spiro atoms. The second kappa shape index (κ2) is 4.83. The van der Waals surface area contributed by atoms with Crippen LogP contribution in [0.2, 0.25) is 0 Å². The lowest BCUT2D eigenvalue weighted by atomic mass is 10.3. The molecule has 1 heterocycles. The maximum atomic E-state index is 11.6. The quantitative estimate of drug-likeness (QED) is 0.762. The number of nitrogens with one attached hydrogen (secondary N) is 1. The Morgan fingerprint density at radius 2 is 2.14 bits per heavy atom. The zero-order chi connectivity index (χ0) is 10.6. The molecule has 0 aromatic carbocycles. The topological polar surface area (TPSA) is 51.9 Å². The van der Waals surface area contributed by atoms with Gasteiger partial charge in [0.2, 0.25) is 5.95 Å². The van der Waals surface area contributed by atoms with Gasteiger partial charge in [-0.1, -0.05) is 13.3 Å². The van der Waals surface area contributed by atoms with Crippen molar-refractivity contribution in [1.29, 1.82) is 0 Å². The molecule has 1 rings (SSSR count). The molecule has 1 aromatic rings. The van der Waals surface area contributed by atoms with E-state index < -0.39 is 0 Å². The van der Waals surface area contributed by atoms with Crippen molar-refractivity contribution in [2.75, 3.05) is 11.9 Å². The molecule has 0 fully saturated rings. The Bertz CT molecular complexity index is 339. The standard InChI is InChI=1S/C9H18N4O/c1-4-6-7-13-8(10-5-2)11-12(3)9(13)14/h4-7H2,1-3H3,(H,10,11). The fourth-order valence-electron chi connectivity index (χ4n) is 1.31. The third kappa shape index (κ3) is 2.16. The van der Waals surface area contributed by atoms with Crippen molar-refractivity contribution in [3.63, 3.8) is 0 Å². The molecule has 5 heteroatoms. The van der Waals surface area contributed by atoms with Gasteiger partial charge in [-0.25, -0.2) is 9.48 Å². The van der Waals surface area contributed by atoms with Gasteiger partial charge in [0.15, 0.2) is 0 Å². The van der Waals surface area contributed by atoms with Crippen LogP contribution < -0.4 is 11.0 Å². The summed E-state index contributed by atoms with van der Waals surface area (Å²) in [5.74, 6) is 0.674. The molecule has 80 valence electrons. The Morgan fingerprint density at radius 3 is 2.71 bits per heavy atom. The van der Waals surface area contributed by atoms with Crippen LogP contribution in [0.25, 0.3) is 0 Å². The highest BCUT2D eigenvalue weighted by Crippen LogP contribution is 2.01. The number of hydrogen-bond donors (Lipinski definition) is 1. The summed E-state index contributed by atoms with van der Waals surface area (Å²) in [5.41, 5.74) is -0.0469. The van der Waals surface area contributed by atoms with E-state index in [2.05, 4.69) is 17.3 Å². The highest BCUT2D eigenvalue weighted by molar-refractivity contribution is 5.23. The number of aromatic nitrogens is 3. The van der Waals surface area contributed by atoms with Crippen LogP contribution in [0, 0.1) is 0 Å². The molecule has 5 nitrogen and oxygen atoms in total. The summed E-state index contributed by atoms with van der Waals surface area (Å²) in [7, 11) is 1.67. The molecule has 1 N–H and O–H groups in total. The van der Waals surface area contributed by atoms with Gasteiger partial charge >= 0.3 is 5.69 Å². The summed E-state index contributed by atoms with van der Waals surface area (Å²) in [6, 6.07) is 0. The Labute approximate surface area is 83.7 Å². The molecule has 1 aromatic heterocycles. The van der Waals surface area contributed by atoms with Crippen LogP contribution in [0.4, 0.5) is 5.95 Å². The molecular formula is C9H18N4O. The van der Waals surface area contributed by atoms with Crippen molar-refractivity contribution in [3.05, 3.63) is 10.5 Å². The fraction of sp³-hybridized carbons (Fsp3) is 0.778. The van der Waals surface area contributed by atoms with Crippen LogP contribution in [0.1, 0.15) is 26.7 Å². The SMILES string of the molecule is CCCCn1c(NCC)nn(C)c1=O. The normalized spacial score (nSPS) is 10.5. The van der Waals surface area contributed by atoms with Gasteiger partial charge in [0.1, 0.15) is 0 Å². The summed E-state index contributed by atoms with van der Waals surface area (Å²) < 4.78 is 3.06. The summed E-state index contributed by atoms with van der Waals surface area (Å²) in [4.78, 5) is 11.6. The minimum atomic E-state index is -0.0469. The molecule has 0 aliphatic carbocycles. The first-order chi connectivity index (χ1) is 6.70. The molecule has 0 amide bonds. The minimum Gasteiger partial charge on any atom is -0.355 e. The van der Waals surface area contributed by atoms with E-state index in [4.69, 9.17) is 0 Å². The molecule has 0 aliphatic rings.